The average molecular weight is 444 g/mol. The van der Waals surface area contributed by atoms with Crippen LogP contribution in [0.2, 0.25) is 5.02 Å². The minimum atomic E-state index is -0.184. The minimum Gasteiger partial charge on any atom is -0.454 e. The third-order valence-corrected chi connectivity index (χ3v) is 6.09. The van der Waals surface area contributed by atoms with Gasteiger partial charge in [0.1, 0.15) is 5.82 Å². The molecule has 4 aromatic rings. The van der Waals surface area contributed by atoms with Crippen molar-refractivity contribution in [3.05, 3.63) is 88.9 Å². The molecule has 0 spiro atoms. The van der Waals surface area contributed by atoms with Crippen LogP contribution in [-0.2, 0) is 4.79 Å². The fraction of sp³-hybridized carbons (Fsp3) is 0.120. The number of nitrogens with zero attached hydrogens (tertiary/aromatic N) is 2. The summed E-state index contributed by atoms with van der Waals surface area (Å²) in [6.45, 7) is 0.206. The zero-order valence-corrected chi connectivity index (χ0v) is 17.7. The first-order valence-corrected chi connectivity index (χ1v) is 10.7. The smallest absolute Gasteiger partial charge is 0.231 e. The van der Waals surface area contributed by atoms with Crippen LogP contribution in [0.1, 0.15) is 23.5 Å². The van der Waals surface area contributed by atoms with Crippen LogP contribution in [0.3, 0.4) is 0 Å². The van der Waals surface area contributed by atoms with Gasteiger partial charge in [-0.2, -0.15) is 5.10 Å². The Labute approximate surface area is 189 Å². The van der Waals surface area contributed by atoms with Crippen LogP contribution in [0.5, 0.6) is 11.5 Å². The lowest BCUT2D eigenvalue weighted by molar-refractivity contribution is -0.116. The molecule has 1 unspecified atom stereocenters. The molecular formula is C25H18ClN3O3. The maximum Gasteiger partial charge on any atom is 0.231 e. The highest BCUT2D eigenvalue weighted by molar-refractivity contribution is 6.30. The van der Waals surface area contributed by atoms with Gasteiger partial charge in [-0.1, -0.05) is 48.0 Å². The highest BCUT2D eigenvalue weighted by Gasteiger charge is 2.35. The molecule has 3 heterocycles. The number of para-hydroxylation sites is 1. The molecule has 0 saturated carbocycles. The fourth-order valence-corrected chi connectivity index (χ4v) is 4.47. The number of ether oxygens (including phenoxy) is 2. The summed E-state index contributed by atoms with van der Waals surface area (Å²) in [5.74, 6) is 1.85. The number of nitrogens with one attached hydrogen (secondary N) is 1. The Morgan fingerprint density at radius 3 is 2.56 bits per heavy atom. The highest BCUT2D eigenvalue weighted by Crippen LogP contribution is 2.46. The number of anilines is 1. The summed E-state index contributed by atoms with van der Waals surface area (Å²) in [6.07, 6.45) is 0.313. The molecule has 0 radical (unpaired) electrons. The number of fused-ring (bicyclic) bond motifs is 2. The van der Waals surface area contributed by atoms with Gasteiger partial charge in [0.2, 0.25) is 12.7 Å². The molecule has 2 aliphatic heterocycles. The number of benzene rings is 3. The van der Waals surface area contributed by atoms with E-state index in [-0.39, 0.29) is 18.6 Å². The number of halogens is 1. The molecule has 1 aromatic heterocycles. The number of aromatic nitrogens is 2. The van der Waals surface area contributed by atoms with E-state index in [4.69, 9.17) is 26.2 Å². The summed E-state index contributed by atoms with van der Waals surface area (Å²) in [6, 6.07) is 23.2. The Morgan fingerprint density at radius 2 is 1.75 bits per heavy atom. The first-order valence-electron chi connectivity index (χ1n) is 10.3. The van der Waals surface area contributed by atoms with Crippen LogP contribution in [-0.4, -0.2) is 22.5 Å². The molecule has 0 fully saturated rings. The van der Waals surface area contributed by atoms with Gasteiger partial charge >= 0.3 is 0 Å². The number of carbonyl (C=O) groups excluding carboxylic acids is 1. The predicted octanol–water partition coefficient (Wildman–Crippen LogP) is 5.40. The van der Waals surface area contributed by atoms with Crippen molar-refractivity contribution in [2.75, 3.05) is 12.1 Å². The maximum absolute atomic E-state index is 12.8. The average Bonchev–Trinajstić information content (AvgIpc) is 3.44. The monoisotopic (exact) mass is 443 g/mol. The van der Waals surface area contributed by atoms with Gasteiger partial charge in [-0.25, -0.2) is 4.68 Å². The van der Waals surface area contributed by atoms with E-state index in [1.165, 1.54) is 0 Å². The zero-order chi connectivity index (χ0) is 21.7. The Bertz CT molecular complexity index is 1330. The number of hydrogen-bond donors (Lipinski definition) is 1. The molecule has 1 N–H and O–H groups in total. The third kappa shape index (κ3) is 3.11. The SMILES string of the molecule is O=C1CC(c2ccc3c(c2)OCO3)c2c(-c3ccc(Cl)cc3)nn(-c3ccccc3)c2N1. The van der Waals surface area contributed by atoms with Crippen molar-refractivity contribution in [1.82, 2.24) is 9.78 Å². The number of amides is 1. The molecular weight excluding hydrogens is 426 g/mol. The van der Waals surface area contributed by atoms with Crippen LogP contribution < -0.4 is 14.8 Å². The number of carbonyl (C=O) groups is 1. The van der Waals surface area contributed by atoms with Crippen molar-refractivity contribution in [2.45, 2.75) is 12.3 Å². The van der Waals surface area contributed by atoms with E-state index in [1.807, 2.05) is 72.8 Å². The maximum atomic E-state index is 12.8. The third-order valence-electron chi connectivity index (χ3n) is 5.84. The molecule has 0 aliphatic carbocycles. The quantitative estimate of drug-likeness (QED) is 0.460. The molecule has 158 valence electrons. The summed E-state index contributed by atoms with van der Waals surface area (Å²) in [7, 11) is 0. The van der Waals surface area contributed by atoms with Crippen LogP contribution >= 0.6 is 11.6 Å². The van der Waals surface area contributed by atoms with Crippen LogP contribution in [0.4, 0.5) is 5.82 Å². The second-order valence-corrected chi connectivity index (χ2v) is 8.22. The van der Waals surface area contributed by atoms with Gasteiger partial charge in [0.15, 0.2) is 11.5 Å². The zero-order valence-electron chi connectivity index (χ0n) is 16.9. The number of rotatable bonds is 3. The predicted molar refractivity (Wildman–Crippen MR) is 122 cm³/mol. The second-order valence-electron chi connectivity index (χ2n) is 7.78. The Hall–Kier alpha value is -3.77. The van der Waals surface area contributed by atoms with E-state index in [1.54, 1.807) is 4.68 Å². The molecule has 2 aliphatic rings. The summed E-state index contributed by atoms with van der Waals surface area (Å²) in [5.41, 5.74) is 4.56. The van der Waals surface area contributed by atoms with Crippen molar-refractivity contribution in [3.63, 3.8) is 0 Å². The summed E-state index contributed by atoms with van der Waals surface area (Å²) >= 11 is 6.13. The molecule has 6 nitrogen and oxygen atoms in total. The first kappa shape index (κ1) is 19.0. The second kappa shape index (κ2) is 7.43. The van der Waals surface area contributed by atoms with Crippen molar-refractivity contribution in [2.24, 2.45) is 0 Å². The molecule has 32 heavy (non-hydrogen) atoms. The van der Waals surface area contributed by atoms with Gasteiger partial charge in [-0.15, -0.1) is 0 Å². The Kier molecular flexibility index (Phi) is 4.40. The normalized spacial score (nSPS) is 16.5. The molecule has 6 rings (SSSR count). The van der Waals surface area contributed by atoms with E-state index in [0.717, 1.165) is 28.1 Å². The lowest BCUT2D eigenvalue weighted by atomic mass is 9.84. The standard InChI is InChI=1S/C25H18ClN3O3/c26-17-9-6-15(7-10-17)24-23-19(16-8-11-20-21(12-16)32-14-31-20)13-22(30)27-25(23)29(28-24)18-4-2-1-3-5-18/h1-12,19H,13-14H2,(H,27,30). The Morgan fingerprint density at radius 1 is 0.969 bits per heavy atom. The summed E-state index contributed by atoms with van der Waals surface area (Å²) in [5, 5.41) is 8.67. The molecule has 7 heteroatoms. The van der Waals surface area contributed by atoms with Gasteiger partial charge < -0.3 is 14.8 Å². The van der Waals surface area contributed by atoms with E-state index >= 15 is 0 Å². The Balaban J connectivity index is 1.58. The molecule has 0 bridgehead atoms. The van der Waals surface area contributed by atoms with Crippen LogP contribution in [0, 0.1) is 0 Å². The lowest BCUT2D eigenvalue weighted by Gasteiger charge is -2.25. The van der Waals surface area contributed by atoms with E-state index in [9.17, 15) is 4.79 Å². The summed E-state index contributed by atoms with van der Waals surface area (Å²) < 4.78 is 12.9. The molecule has 3 aromatic carbocycles. The van der Waals surface area contributed by atoms with Crippen molar-refractivity contribution >= 4 is 23.3 Å². The van der Waals surface area contributed by atoms with Crippen LogP contribution in [0.15, 0.2) is 72.8 Å². The summed E-state index contributed by atoms with van der Waals surface area (Å²) in [4.78, 5) is 12.8. The largest absolute Gasteiger partial charge is 0.454 e. The molecule has 0 saturated heterocycles. The van der Waals surface area contributed by atoms with Crippen LogP contribution in [0.25, 0.3) is 16.9 Å². The van der Waals surface area contributed by atoms with Crippen molar-refractivity contribution in [1.29, 1.82) is 0 Å². The van der Waals surface area contributed by atoms with E-state index in [0.29, 0.717) is 28.8 Å². The van der Waals surface area contributed by atoms with E-state index < -0.39 is 0 Å². The van der Waals surface area contributed by atoms with Gasteiger partial charge in [-0.05, 0) is 42.0 Å². The first-order chi connectivity index (χ1) is 15.7. The molecule has 1 atom stereocenters. The van der Waals surface area contributed by atoms with Gasteiger partial charge in [0.25, 0.3) is 0 Å². The fourth-order valence-electron chi connectivity index (χ4n) is 4.34. The van der Waals surface area contributed by atoms with E-state index in [2.05, 4.69) is 5.32 Å². The van der Waals surface area contributed by atoms with Crippen molar-refractivity contribution in [3.8, 4) is 28.4 Å². The highest BCUT2D eigenvalue weighted by atomic mass is 35.5. The van der Waals surface area contributed by atoms with Gasteiger partial charge in [-0.3, -0.25) is 4.79 Å². The minimum absolute atomic E-state index is 0.0556. The number of hydrogen-bond acceptors (Lipinski definition) is 4. The topological polar surface area (TPSA) is 65.4 Å². The molecule has 1 amide bonds. The van der Waals surface area contributed by atoms with Gasteiger partial charge in [0, 0.05) is 28.5 Å². The van der Waals surface area contributed by atoms with Crippen molar-refractivity contribution < 1.29 is 14.3 Å². The van der Waals surface area contributed by atoms with Gasteiger partial charge in [0.05, 0.1) is 11.4 Å². The lowest BCUT2D eigenvalue weighted by Crippen LogP contribution is -2.24.